The van der Waals surface area contributed by atoms with E-state index in [9.17, 15) is 4.79 Å². The van der Waals surface area contributed by atoms with Crippen LogP contribution in [0.15, 0.2) is 57.7 Å². The summed E-state index contributed by atoms with van der Waals surface area (Å²) in [4.78, 5) is 16.8. The van der Waals surface area contributed by atoms with Crippen LogP contribution in [-0.4, -0.2) is 16.0 Å². The molecule has 2 aromatic heterocycles. The molecule has 0 bridgehead atoms. The molecular formula is C20H23N3O3. The number of hydrogen-bond acceptors (Lipinski definition) is 5. The van der Waals surface area contributed by atoms with Gasteiger partial charge in [-0.25, -0.2) is 0 Å². The second-order valence-electron chi connectivity index (χ2n) is 6.35. The van der Waals surface area contributed by atoms with Crippen molar-refractivity contribution in [3.63, 3.8) is 0 Å². The van der Waals surface area contributed by atoms with Gasteiger partial charge in [0.05, 0.1) is 6.26 Å². The molecule has 2 atom stereocenters. The van der Waals surface area contributed by atoms with E-state index in [0.717, 1.165) is 12.0 Å². The summed E-state index contributed by atoms with van der Waals surface area (Å²) in [6, 6.07) is 13.2. The van der Waals surface area contributed by atoms with E-state index >= 15 is 0 Å². The van der Waals surface area contributed by atoms with Gasteiger partial charge in [0.25, 0.3) is 0 Å². The summed E-state index contributed by atoms with van der Waals surface area (Å²) >= 11 is 0. The zero-order valence-corrected chi connectivity index (χ0v) is 15.0. The van der Waals surface area contributed by atoms with Gasteiger partial charge in [-0.2, -0.15) is 4.98 Å². The van der Waals surface area contributed by atoms with Crippen molar-refractivity contribution in [1.29, 1.82) is 0 Å². The average molecular weight is 353 g/mol. The van der Waals surface area contributed by atoms with Crippen molar-refractivity contribution in [2.24, 2.45) is 5.92 Å². The Hall–Kier alpha value is -2.89. The molecule has 136 valence electrons. The van der Waals surface area contributed by atoms with Gasteiger partial charge in [-0.1, -0.05) is 55.8 Å². The Morgan fingerprint density at radius 1 is 1.19 bits per heavy atom. The van der Waals surface area contributed by atoms with Crippen LogP contribution in [0.2, 0.25) is 0 Å². The van der Waals surface area contributed by atoms with Gasteiger partial charge in [-0.05, 0) is 30.0 Å². The van der Waals surface area contributed by atoms with Crippen LogP contribution in [-0.2, 0) is 11.2 Å². The number of carbonyl (C=O) groups excluding carboxylic acids is 1. The van der Waals surface area contributed by atoms with Crippen molar-refractivity contribution < 1.29 is 13.7 Å². The van der Waals surface area contributed by atoms with Crippen molar-refractivity contribution >= 4 is 5.91 Å². The van der Waals surface area contributed by atoms with E-state index in [1.54, 1.807) is 18.4 Å². The van der Waals surface area contributed by atoms with Crippen LogP contribution in [0.1, 0.15) is 44.2 Å². The molecule has 1 amide bonds. The molecule has 3 rings (SSSR count). The van der Waals surface area contributed by atoms with E-state index in [1.165, 1.54) is 0 Å². The van der Waals surface area contributed by atoms with Gasteiger partial charge >= 0.3 is 0 Å². The molecule has 0 aliphatic carbocycles. The van der Waals surface area contributed by atoms with E-state index in [0.29, 0.717) is 30.3 Å². The molecule has 1 N–H and O–H groups in total. The number of amides is 1. The fraction of sp³-hybridized carbons (Fsp3) is 0.350. The summed E-state index contributed by atoms with van der Waals surface area (Å²) < 4.78 is 10.7. The number of aryl methyl sites for hydroxylation is 1. The molecule has 6 heteroatoms. The minimum absolute atomic E-state index is 0.0306. The lowest BCUT2D eigenvalue weighted by Crippen LogP contribution is -2.32. The first kappa shape index (κ1) is 17.9. The Bertz CT molecular complexity index is 812. The largest absolute Gasteiger partial charge is 0.461 e. The fourth-order valence-electron chi connectivity index (χ4n) is 2.70. The minimum Gasteiger partial charge on any atom is -0.461 e. The van der Waals surface area contributed by atoms with Crippen LogP contribution in [0.5, 0.6) is 0 Å². The summed E-state index contributed by atoms with van der Waals surface area (Å²) in [6.45, 7) is 4.12. The zero-order chi connectivity index (χ0) is 18.4. The third kappa shape index (κ3) is 4.39. The molecular weight excluding hydrogens is 330 g/mol. The maximum Gasteiger partial charge on any atom is 0.249 e. The topological polar surface area (TPSA) is 81.2 Å². The fourth-order valence-corrected chi connectivity index (χ4v) is 2.70. The molecule has 0 aliphatic heterocycles. The Labute approximate surface area is 152 Å². The Balaban J connectivity index is 1.67. The van der Waals surface area contributed by atoms with E-state index in [2.05, 4.69) is 29.3 Å². The van der Waals surface area contributed by atoms with Crippen LogP contribution in [0.3, 0.4) is 0 Å². The molecule has 2 unspecified atom stereocenters. The predicted molar refractivity (Wildman–Crippen MR) is 97.1 cm³/mol. The van der Waals surface area contributed by atoms with Crippen LogP contribution < -0.4 is 5.32 Å². The third-order valence-corrected chi connectivity index (χ3v) is 4.46. The summed E-state index contributed by atoms with van der Waals surface area (Å²) in [7, 11) is 0. The summed E-state index contributed by atoms with van der Waals surface area (Å²) in [5, 5.41) is 7.01. The van der Waals surface area contributed by atoms with E-state index < -0.39 is 0 Å². The van der Waals surface area contributed by atoms with Crippen molar-refractivity contribution in [3.8, 4) is 11.6 Å². The third-order valence-electron chi connectivity index (χ3n) is 4.46. The van der Waals surface area contributed by atoms with Crippen LogP contribution in [0.4, 0.5) is 0 Å². The number of hydrogen-bond donors (Lipinski definition) is 1. The lowest BCUT2D eigenvalue weighted by Gasteiger charge is -2.20. The monoisotopic (exact) mass is 353 g/mol. The normalized spacial score (nSPS) is 13.3. The quantitative estimate of drug-likeness (QED) is 0.657. The van der Waals surface area contributed by atoms with Crippen molar-refractivity contribution in [2.75, 3.05) is 0 Å². The second kappa shape index (κ2) is 8.47. The molecule has 3 aromatic rings. The summed E-state index contributed by atoms with van der Waals surface area (Å²) in [6.07, 6.45) is 3.54. The summed E-state index contributed by atoms with van der Waals surface area (Å²) in [5.74, 6) is 1.46. The zero-order valence-electron chi connectivity index (χ0n) is 15.0. The lowest BCUT2D eigenvalue weighted by molar-refractivity contribution is -0.122. The van der Waals surface area contributed by atoms with Gasteiger partial charge in [-0.15, -0.1) is 0 Å². The van der Waals surface area contributed by atoms with Crippen LogP contribution >= 0.6 is 0 Å². The first-order valence-corrected chi connectivity index (χ1v) is 8.88. The number of nitrogens with one attached hydrogen (secondary N) is 1. The van der Waals surface area contributed by atoms with E-state index in [-0.39, 0.29) is 17.9 Å². The molecule has 1 aromatic carbocycles. The smallest absolute Gasteiger partial charge is 0.249 e. The van der Waals surface area contributed by atoms with Crippen LogP contribution in [0, 0.1) is 5.92 Å². The number of furan rings is 1. The van der Waals surface area contributed by atoms with Crippen molar-refractivity contribution in [2.45, 2.75) is 39.2 Å². The van der Waals surface area contributed by atoms with Gasteiger partial charge in [-0.3, -0.25) is 4.79 Å². The van der Waals surface area contributed by atoms with Crippen molar-refractivity contribution in [1.82, 2.24) is 15.5 Å². The Morgan fingerprint density at radius 3 is 2.69 bits per heavy atom. The highest BCUT2D eigenvalue weighted by molar-refractivity contribution is 5.76. The predicted octanol–water partition coefficient (Wildman–Crippen LogP) is 4.17. The van der Waals surface area contributed by atoms with E-state index in [1.807, 2.05) is 30.3 Å². The Morgan fingerprint density at radius 2 is 2.00 bits per heavy atom. The standard InChI is InChI=1S/C20H23N3O3/c1-3-14(2)18(20-22-19(23-26-20)16-10-7-13-25-16)21-17(24)12-11-15-8-5-4-6-9-15/h4-10,13-14,18H,3,11-12H2,1-2H3,(H,21,24). The molecule has 0 radical (unpaired) electrons. The highest BCUT2D eigenvalue weighted by atomic mass is 16.5. The van der Waals surface area contributed by atoms with Crippen molar-refractivity contribution in [3.05, 3.63) is 60.2 Å². The first-order valence-electron chi connectivity index (χ1n) is 8.88. The number of benzene rings is 1. The molecule has 0 spiro atoms. The molecule has 2 heterocycles. The molecule has 0 fully saturated rings. The molecule has 0 saturated heterocycles. The molecule has 26 heavy (non-hydrogen) atoms. The Kier molecular flexibility index (Phi) is 5.84. The van der Waals surface area contributed by atoms with Gasteiger partial charge in [0.15, 0.2) is 5.76 Å². The SMILES string of the molecule is CCC(C)C(NC(=O)CCc1ccccc1)c1nc(-c2ccco2)no1. The van der Waals surface area contributed by atoms with Gasteiger partial charge in [0, 0.05) is 6.42 Å². The second-order valence-corrected chi connectivity index (χ2v) is 6.35. The number of nitrogens with zero attached hydrogens (tertiary/aromatic N) is 2. The van der Waals surface area contributed by atoms with Gasteiger partial charge in [0.1, 0.15) is 6.04 Å². The summed E-state index contributed by atoms with van der Waals surface area (Å²) in [5.41, 5.74) is 1.14. The minimum atomic E-state index is -0.320. The highest BCUT2D eigenvalue weighted by Gasteiger charge is 2.26. The van der Waals surface area contributed by atoms with Gasteiger partial charge < -0.3 is 14.3 Å². The van der Waals surface area contributed by atoms with E-state index in [4.69, 9.17) is 8.94 Å². The molecule has 0 saturated carbocycles. The maximum atomic E-state index is 12.4. The average Bonchev–Trinajstić information content (AvgIpc) is 3.36. The first-order chi connectivity index (χ1) is 12.7. The maximum absolute atomic E-state index is 12.4. The number of rotatable bonds is 8. The van der Waals surface area contributed by atoms with Crippen LogP contribution in [0.25, 0.3) is 11.6 Å². The lowest BCUT2D eigenvalue weighted by atomic mass is 9.98. The molecule has 6 nitrogen and oxygen atoms in total. The highest BCUT2D eigenvalue weighted by Crippen LogP contribution is 2.26. The van der Waals surface area contributed by atoms with Gasteiger partial charge in [0.2, 0.25) is 17.6 Å². The number of aromatic nitrogens is 2. The number of carbonyl (C=O) groups is 1. The molecule has 0 aliphatic rings.